The molecule has 20 heavy (non-hydrogen) atoms. The summed E-state index contributed by atoms with van der Waals surface area (Å²) in [7, 11) is 0. The monoisotopic (exact) mass is 358 g/mol. The van der Waals surface area contributed by atoms with Crippen LogP contribution in [-0.2, 0) is 6.61 Å². The van der Waals surface area contributed by atoms with Crippen LogP contribution < -0.4 is 4.74 Å². The molecule has 0 radical (unpaired) electrons. The molecule has 0 aliphatic heterocycles. The number of carboxylic acid groups (broad SMARTS) is 1. The quantitative estimate of drug-likeness (QED) is 0.873. The van der Waals surface area contributed by atoms with Crippen LogP contribution in [0.4, 0.5) is 4.39 Å². The zero-order valence-electron chi connectivity index (χ0n) is 10.1. The summed E-state index contributed by atoms with van der Waals surface area (Å²) in [5.41, 5.74) is 0.250. The lowest BCUT2D eigenvalue weighted by Gasteiger charge is -2.11. The number of carbonyl (C=O) groups is 1. The van der Waals surface area contributed by atoms with Crippen molar-refractivity contribution < 1.29 is 19.0 Å². The number of carboxylic acids is 1. The molecule has 0 saturated heterocycles. The molecule has 0 aromatic heterocycles. The average Bonchev–Trinajstić information content (AvgIpc) is 2.38. The zero-order valence-corrected chi connectivity index (χ0v) is 12.4. The van der Waals surface area contributed by atoms with Crippen molar-refractivity contribution in [2.75, 3.05) is 0 Å². The van der Waals surface area contributed by atoms with Crippen molar-refractivity contribution in [3.8, 4) is 5.75 Å². The lowest BCUT2D eigenvalue weighted by atomic mass is 10.2. The van der Waals surface area contributed by atoms with Crippen LogP contribution in [0, 0.1) is 5.82 Å². The van der Waals surface area contributed by atoms with Gasteiger partial charge in [0.15, 0.2) is 5.75 Å². The largest absolute Gasteiger partial charge is 0.486 e. The predicted octanol–water partition coefficient (Wildman–Crippen LogP) is 4.52. The Kier molecular flexibility index (Phi) is 4.62. The Balaban J connectivity index is 2.25. The molecule has 0 atom stereocenters. The van der Waals surface area contributed by atoms with E-state index in [2.05, 4.69) is 15.9 Å². The third kappa shape index (κ3) is 3.29. The fourth-order valence-electron chi connectivity index (χ4n) is 1.61. The molecule has 0 heterocycles. The van der Waals surface area contributed by atoms with Crippen LogP contribution in [0.25, 0.3) is 0 Å². The van der Waals surface area contributed by atoms with E-state index in [1.807, 2.05) is 0 Å². The standard InChI is InChI=1S/C14H9BrClFO3/c15-9-5-4-8(12(17)6-9)7-20-13-10(14(18)19)2-1-3-11(13)16/h1-6H,7H2,(H,18,19). The molecule has 0 amide bonds. The second-order valence-electron chi connectivity index (χ2n) is 3.95. The molecule has 1 N–H and O–H groups in total. The lowest BCUT2D eigenvalue weighted by Crippen LogP contribution is -2.05. The van der Waals surface area contributed by atoms with Gasteiger partial charge >= 0.3 is 5.97 Å². The van der Waals surface area contributed by atoms with Crippen molar-refractivity contribution in [3.05, 3.63) is 62.8 Å². The SMILES string of the molecule is O=C(O)c1cccc(Cl)c1OCc1ccc(Br)cc1F. The molecule has 0 bridgehead atoms. The van der Waals surface area contributed by atoms with Gasteiger partial charge < -0.3 is 9.84 Å². The smallest absolute Gasteiger partial charge is 0.339 e. The van der Waals surface area contributed by atoms with Crippen molar-refractivity contribution >= 4 is 33.5 Å². The Labute approximate surface area is 128 Å². The summed E-state index contributed by atoms with van der Waals surface area (Å²) in [5, 5.41) is 9.23. The van der Waals surface area contributed by atoms with Crippen molar-refractivity contribution in [2.24, 2.45) is 0 Å². The highest BCUT2D eigenvalue weighted by Gasteiger charge is 2.15. The number of para-hydroxylation sites is 1. The molecule has 2 aromatic rings. The van der Waals surface area contributed by atoms with Gasteiger partial charge in [0.25, 0.3) is 0 Å². The van der Waals surface area contributed by atoms with Gasteiger partial charge in [0.1, 0.15) is 18.0 Å². The van der Waals surface area contributed by atoms with E-state index in [9.17, 15) is 9.18 Å². The molecule has 0 unspecified atom stereocenters. The summed E-state index contributed by atoms with van der Waals surface area (Å²) in [6.07, 6.45) is 0. The highest BCUT2D eigenvalue weighted by atomic mass is 79.9. The number of hydrogen-bond donors (Lipinski definition) is 1. The molecule has 0 saturated carbocycles. The van der Waals surface area contributed by atoms with Gasteiger partial charge in [-0.25, -0.2) is 9.18 Å². The van der Waals surface area contributed by atoms with Crippen LogP contribution in [-0.4, -0.2) is 11.1 Å². The molecular formula is C14H9BrClFO3. The van der Waals surface area contributed by atoms with Gasteiger partial charge in [0.05, 0.1) is 5.02 Å². The fraction of sp³-hybridized carbons (Fsp3) is 0.0714. The first-order chi connectivity index (χ1) is 9.49. The van der Waals surface area contributed by atoms with Crippen LogP contribution in [0.1, 0.15) is 15.9 Å². The Hall–Kier alpha value is -1.59. The number of hydrogen-bond acceptors (Lipinski definition) is 2. The molecule has 0 aliphatic carbocycles. The lowest BCUT2D eigenvalue weighted by molar-refractivity contribution is 0.0691. The van der Waals surface area contributed by atoms with E-state index in [1.54, 1.807) is 12.1 Å². The first kappa shape index (κ1) is 14.8. The Morgan fingerprint density at radius 1 is 1.35 bits per heavy atom. The van der Waals surface area contributed by atoms with E-state index >= 15 is 0 Å². The molecule has 2 rings (SSSR count). The van der Waals surface area contributed by atoms with E-state index in [1.165, 1.54) is 24.3 Å². The zero-order chi connectivity index (χ0) is 14.7. The predicted molar refractivity (Wildman–Crippen MR) is 76.8 cm³/mol. The molecular weight excluding hydrogens is 351 g/mol. The van der Waals surface area contributed by atoms with Crippen LogP contribution in [0.15, 0.2) is 40.9 Å². The Morgan fingerprint density at radius 3 is 2.75 bits per heavy atom. The third-order valence-electron chi connectivity index (χ3n) is 2.58. The summed E-state index contributed by atoms with van der Waals surface area (Å²) in [6, 6.07) is 8.94. The average molecular weight is 360 g/mol. The number of ether oxygens (including phenoxy) is 1. The van der Waals surface area contributed by atoms with Gasteiger partial charge in [-0.3, -0.25) is 0 Å². The van der Waals surface area contributed by atoms with Gasteiger partial charge in [-0.1, -0.05) is 39.7 Å². The molecule has 3 nitrogen and oxygen atoms in total. The minimum Gasteiger partial charge on any atom is -0.486 e. The Morgan fingerprint density at radius 2 is 2.10 bits per heavy atom. The van der Waals surface area contributed by atoms with E-state index in [4.69, 9.17) is 21.4 Å². The van der Waals surface area contributed by atoms with Crippen molar-refractivity contribution in [3.63, 3.8) is 0 Å². The van der Waals surface area contributed by atoms with Gasteiger partial charge in [-0.05, 0) is 24.3 Å². The summed E-state index contributed by atoms with van der Waals surface area (Å²) in [6.45, 7) is -0.108. The maximum atomic E-state index is 13.7. The number of rotatable bonds is 4. The maximum Gasteiger partial charge on any atom is 0.339 e. The normalized spacial score (nSPS) is 10.3. The highest BCUT2D eigenvalue weighted by molar-refractivity contribution is 9.10. The van der Waals surface area contributed by atoms with Crippen LogP contribution in [0.3, 0.4) is 0 Å². The van der Waals surface area contributed by atoms with Crippen molar-refractivity contribution in [1.82, 2.24) is 0 Å². The van der Waals surface area contributed by atoms with E-state index in [0.29, 0.717) is 10.0 Å². The number of aromatic carboxylic acids is 1. The summed E-state index contributed by atoms with van der Waals surface area (Å²) in [5.74, 6) is -1.56. The van der Waals surface area contributed by atoms with Crippen LogP contribution in [0.2, 0.25) is 5.02 Å². The Bertz CT molecular complexity index is 661. The summed E-state index contributed by atoms with van der Waals surface area (Å²) >= 11 is 9.07. The first-order valence-corrected chi connectivity index (χ1v) is 6.74. The van der Waals surface area contributed by atoms with E-state index in [0.717, 1.165) is 0 Å². The molecule has 0 aliphatic rings. The highest BCUT2D eigenvalue weighted by Crippen LogP contribution is 2.29. The van der Waals surface area contributed by atoms with Gasteiger partial charge in [0.2, 0.25) is 0 Å². The van der Waals surface area contributed by atoms with Crippen LogP contribution in [0.5, 0.6) is 5.75 Å². The molecule has 0 spiro atoms. The van der Waals surface area contributed by atoms with Gasteiger partial charge in [0, 0.05) is 10.0 Å². The first-order valence-electron chi connectivity index (χ1n) is 5.57. The summed E-state index contributed by atoms with van der Waals surface area (Å²) in [4.78, 5) is 11.1. The van der Waals surface area contributed by atoms with Crippen LogP contribution >= 0.6 is 27.5 Å². The second kappa shape index (κ2) is 6.24. The number of benzene rings is 2. The van der Waals surface area contributed by atoms with Gasteiger partial charge in [-0.2, -0.15) is 0 Å². The van der Waals surface area contributed by atoms with Gasteiger partial charge in [-0.15, -0.1) is 0 Å². The number of halogens is 3. The molecule has 6 heteroatoms. The maximum absolute atomic E-state index is 13.7. The fourth-order valence-corrected chi connectivity index (χ4v) is 2.17. The topological polar surface area (TPSA) is 46.5 Å². The molecule has 2 aromatic carbocycles. The van der Waals surface area contributed by atoms with E-state index in [-0.39, 0.29) is 22.9 Å². The second-order valence-corrected chi connectivity index (χ2v) is 5.27. The third-order valence-corrected chi connectivity index (χ3v) is 3.38. The summed E-state index contributed by atoms with van der Waals surface area (Å²) < 4.78 is 19.6. The molecule has 0 fully saturated rings. The van der Waals surface area contributed by atoms with Crippen molar-refractivity contribution in [1.29, 1.82) is 0 Å². The van der Waals surface area contributed by atoms with Crippen molar-refractivity contribution in [2.45, 2.75) is 6.61 Å². The minimum absolute atomic E-state index is 0.0315. The molecule has 104 valence electrons. The minimum atomic E-state index is -1.15. The van der Waals surface area contributed by atoms with E-state index < -0.39 is 11.8 Å².